The van der Waals surface area contributed by atoms with E-state index >= 15 is 0 Å². The van der Waals surface area contributed by atoms with Gasteiger partial charge in [-0.05, 0) is 36.5 Å². The van der Waals surface area contributed by atoms with Crippen LogP contribution in [-0.2, 0) is 15.0 Å². The zero-order valence-electron chi connectivity index (χ0n) is 22.8. The summed E-state index contributed by atoms with van der Waals surface area (Å²) in [6.45, 7) is 5.29. The van der Waals surface area contributed by atoms with Gasteiger partial charge in [0.1, 0.15) is 5.82 Å². The average Bonchev–Trinajstić information content (AvgIpc) is 3.28. The molecule has 1 aliphatic heterocycles. The predicted octanol–water partition coefficient (Wildman–Crippen LogP) is 4.18. The number of halogens is 6. The van der Waals surface area contributed by atoms with Gasteiger partial charge in [0, 0.05) is 18.7 Å². The number of nitrogens with zero attached hydrogens (tertiary/aromatic N) is 4. The van der Waals surface area contributed by atoms with Crippen LogP contribution in [0.25, 0.3) is 5.65 Å². The number of aromatic nitrogens is 3. The van der Waals surface area contributed by atoms with Crippen LogP contribution in [-0.4, -0.2) is 69.1 Å². The Hall–Kier alpha value is -4.41. The van der Waals surface area contributed by atoms with Gasteiger partial charge >= 0.3 is 24.3 Å². The number of imidazole rings is 1. The molecule has 11 nitrogen and oxygen atoms in total. The van der Waals surface area contributed by atoms with Crippen molar-refractivity contribution in [1.29, 1.82) is 0 Å². The number of ether oxygens (including phenoxy) is 2. The molecule has 0 radical (unpaired) electrons. The lowest BCUT2D eigenvalue weighted by molar-refractivity contribution is -0.191. The first-order chi connectivity index (χ1) is 19.8. The molecule has 43 heavy (non-hydrogen) atoms. The number of hydrogen-bond donors (Lipinski definition) is 2. The van der Waals surface area contributed by atoms with Gasteiger partial charge in [-0.3, -0.25) is 4.79 Å². The molecule has 4 rings (SSSR count). The third-order valence-electron chi connectivity index (χ3n) is 6.29. The predicted molar refractivity (Wildman–Crippen MR) is 137 cm³/mol. The summed E-state index contributed by atoms with van der Waals surface area (Å²) in [6.07, 6.45) is -9.09. The minimum absolute atomic E-state index is 0.171. The van der Waals surface area contributed by atoms with Gasteiger partial charge < -0.3 is 24.8 Å². The number of piperidine rings is 1. The summed E-state index contributed by atoms with van der Waals surface area (Å²) in [7, 11) is 0. The number of β-amino-alcohol motifs (C(OH)–C–C–N with tert-alkyl or cyclic N) is 1. The van der Waals surface area contributed by atoms with Crippen molar-refractivity contribution in [3.8, 4) is 11.5 Å². The van der Waals surface area contributed by atoms with Crippen molar-refractivity contribution in [3.05, 3.63) is 41.6 Å². The molecule has 0 spiro atoms. The highest BCUT2D eigenvalue weighted by atomic mass is 19.4. The minimum Gasteiger partial charge on any atom is -0.416 e. The number of alkyl halides is 6. The fourth-order valence-electron chi connectivity index (χ4n) is 4.28. The molecule has 1 aliphatic rings. The molecule has 1 saturated heterocycles. The Balaban J connectivity index is 1.74. The van der Waals surface area contributed by atoms with E-state index in [-0.39, 0.29) is 17.0 Å². The molecular weight excluding hydrogens is 592 g/mol. The maximum atomic E-state index is 13.2. The Morgan fingerprint density at radius 3 is 2.16 bits per heavy atom. The van der Waals surface area contributed by atoms with E-state index in [0.717, 1.165) is 18.6 Å². The SMILES string of the molecule is CC(C)(C)c1ccc(C(=O)Nc2cn3nc(N4CCCC(O)C4)ccc3n2)c(OC(=O)C(F)(F)F)c1OC(=O)C(F)(F)F. The van der Waals surface area contributed by atoms with Crippen LogP contribution in [0.2, 0.25) is 0 Å². The van der Waals surface area contributed by atoms with Crippen LogP contribution in [0.1, 0.15) is 49.5 Å². The fraction of sp³-hybridized carbons (Fsp3) is 0.423. The first-order valence-electron chi connectivity index (χ1n) is 12.7. The summed E-state index contributed by atoms with van der Waals surface area (Å²) in [5.74, 6) is -9.15. The van der Waals surface area contributed by atoms with Gasteiger partial charge in [-0.2, -0.15) is 26.3 Å². The number of aliphatic hydroxyl groups is 1. The van der Waals surface area contributed by atoms with E-state index in [1.165, 1.54) is 31.5 Å². The lowest BCUT2D eigenvalue weighted by Gasteiger charge is -2.30. The van der Waals surface area contributed by atoms with Crippen LogP contribution in [0.3, 0.4) is 0 Å². The number of fused-ring (bicyclic) bond motifs is 1. The van der Waals surface area contributed by atoms with Crippen molar-refractivity contribution in [2.24, 2.45) is 0 Å². The number of benzene rings is 1. The van der Waals surface area contributed by atoms with Gasteiger partial charge in [0.05, 0.1) is 17.9 Å². The highest BCUT2D eigenvalue weighted by Crippen LogP contribution is 2.43. The Bertz CT molecular complexity index is 1560. The summed E-state index contributed by atoms with van der Waals surface area (Å²) in [5, 5.41) is 16.6. The summed E-state index contributed by atoms with van der Waals surface area (Å²) >= 11 is 0. The first kappa shape index (κ1) is 31.5. The molecule has 1 atom stereocenters. The van der Waals surface area contributed by atoms with E-state index in [4.69, 9.17) is 0 Å². The van der Waals surface area contributed by atoms with Crippen molar-refractivity contribution in [1.82, 2.24) is 14.6 Å². The number of anilines is 2. The molecule has 17 heteroatoms. The highest BCUT2D eigenvalue weighted by molar-refractivity contribution is 6.07. The van der Waals surface area contributed by atoms with Gasteiger partial charge in [-0.25, -0.2) is 19.1 Å². The standard InChI is InChI=1S/C26H25F6N5O6/c1-24(2,3)15-7-6-14(19(42-22(40)25(27,28)29)20(15)43-23(41)26(30,31)32)21(39)34-16-12-37-17(33-16)8-9-18(35-37)36-10-4-5-13(38)11-36/h6-9,12-13,38H,4-5,10-11H2,1-3H3,(H,34,39). The Kier molecular flexibility index (Phi) is 8.32. The number of nitrogens with one attached hydrogen (secondary N) is 1. The van der Waals surface area contributed by atoms with Crippen molar-refractivity contribution in [2.45, 2.75) is 57.5 Å². The largest absolute Gasteiger partial charge is 0.491 e. The molecule has 3 aromatic rings. The van der Waals surface area contributed by atoms with Crippen molar-refractivity contribution in [2.75, 3.05) is 23.3 Å². The fourth-order valence-corrected chi connectivity index (χ4v) is 4.28. The third-order valence-corrected chi connectivity index (χ3v) is 6.29. The number of aliphatic hydroxyl groups excluding tert-OH is 1. The molecule has 1 fully saturated rings. The Labute approximate surface area is 239 Å². The second-order valence-electron chi connectivity index (χ2n) is 10.7. The maximum absolute atomic E-state index is 13.2. The number of esters is 2. The van der Waals surface area contributed by atoms with Crippen LogP contribution in [0.5, 0.6) is 11.5 Å². The van der Waals surface area contributed by atoms with Crippen LogP contribution in [0.4, 0.5) is 38.0 Å². The quantitative estimate of drug-likeness (QED) is 0.246. The van der Waals surface area contributed by atoms with Crippen LogP contribution < -0.4 is 19.7 Å². The Morgan fingerprint density at radius 1 is 0.953 bits per heavy atom. The molecule has 3 heterocycles. The molecule has 0 bridgehead atoms. The lowest BCUT2D eigenvalue weighted by atomic mass is 9.85. The molecule has 1 unspecified atom stereocenters. The lowest BCUT2D eigenvalue weighted by Crippen LogP contribution is -2.38. The maximum Gasteiger partial charge on any atom is 0.491 e. The molecule has 2 aromatic heterocycles. The first-order valence-corrected chi connectivity index (χ1v) is 12.7. The van der Waals surface area contributed by atoms with Gasteiger partial charge in [0.15, 0.2) is 23.0 Å². The van der Waals surface area contributed by atoms with E-state index in [1.54, 1.807) is 12.1 Å². The van der Waals surface area contributed by atoms with E-state index in [2.05, 4.69) is 24.9 Å². The third kappa shape index (κ3) is 7.15. The van der Waals surface area contributed by atoms with Gasteiger partial charge in [-0.15, -0.1) is 5.10 Å². The number of amides is 1. The average molecular weight is 618 g/mol. The highest BCUT2D eigenvalue weighted by Gasteiger charge is 2.45. The van der Waals surface area contributed by atoms with Crippen LogP contribution >= 0.6 is 0 Å². The zero-order valence-corrected chi connectivity index (χ0v) is 22.8. The zero-order chi connectivity index (χ0) is 31.9. The molecular formula is C26H25F6N5O6. The van der Waals surface area contributed by atoms with Crippen molar-refractivity contribution < 1.29 is 55.3 Å². The normalized spacial score (nSPS) is 16.2. The van der Waals surface area contributed by atoms with Crippen molar-refractivity contribution >= 4 is 35.1 Å². The van der Waals surface area contributed by atoms with Crippen LogP contribution in [0, 0.1) is 0 Å². The topological polar surface area (TPSA) is 135 Å². The van der Waals surface area contributed by atoms with Gasteiger partial charge in [-0.1, -0.05) is 26.8 Å². The molecule has 1 aromatic carbocycles. The van der Waals surface area contributed by atoms with Crippen molar-refractivity contribution in [3.63, 3.8) is 0 Å². The van der Waals surface area contributed by atoms with Crippen LogP contribution in [0.15, 0.2) is 30.5 Å². The molecule has 0 saturated carbocycles. The second-order valence-corrected chi connectivity index (χ2v) is 10.7. The van der Waals surface area contributed by atoms with Gasteiger partial charge in [0.25, 0.3) is 5.91 Å². The number of carbonyl (C=O) groups excluding carboxylic acids is 3. The monoisotopic (exact) mass is 617 g/mol. The molecule has 232 valence electrons. The molecule has 0 aliphatic carbocycles. The van der Waals surface area contributed by atoms with E-state index in [1.807, 2.05) is 4.90 Å². The summed E-state index contributed by atoms with van der Waals surface area (Å²) in [6, 6.07) is 5.16. The second kappa shape index (κ2) is 11.3. The smallest absolute Gasteiger partial charge is 0.416 e. The van der Waals surface area contributed by atoms with Gasteiger partial charge in [0.2, 0.25) is 0 Å². The summed E-state index contributed by atoms with van der Waals surface area (Å²) in [4.78, 5) is 42.7. The molecule has 2 N–H and O–H groups in total. The van der Waals surface area contributed by atoms with E-state index < -0.39 is 58.8 Å². The number of rotatable bonds is 5. The summed E-state index contributed by atoms with van der Waals surface area (Å²) in [5.41, 5.74) is -2.05. The number of carbonyl (C=O) groups is 3. The molecule has 1 amide bonds. The minimum atomic E-state index is -5.62. The summed E-state index contributed by atoms with van der Waals surface area (Å²) < 4.78 is 88.7. The Morgan fingerprint density at radius 2 is 1.58 bits per heavy atom. The number of hydrogen-bond acceptors (Lipinski definition) is 9. The van der Waals surface area contributed by atoms with E-state index in [9.17, 15) is 45.8 Å². The van der Waals surface area contributed by atoms with E-state index in [0.29, 0.717) is 25.3 Å².